The third kappa shape index (κ3) is 2.60. The van der Waals surface area contributed by atoms with E-state index in [1.165, 1.54) is 11.6 Å². The van der Waals surface area contributed by atoms with E-state index in [0.29, 0.717) is 24.1 Å². The summed E-state index contributed by atoms with van der Waals surface area (Å²) in [5.74, 6) is 0. The molecule has 5 rings (SSSR count). The van der Waals surface area contributed by atoms with E-state index >= 15 is 0 Å². The Hall–Kier alpha value is -3.38. The normalized spacial score (nSPS) is 16.0. The lowest BCUT2D eigenvalue weighted by Gasteiger charge is -2.27. The van der Waals surface area contributed by atoms with Crippen LogP contribution in [0.15, 0.2) is 64.2 Å². The third-order valence-corrected chi connectivity index (χ3v) is 5.98. The topological polar surface area (TPSA) is 58.2 Å². The summed E-state index contributed by atoms with van der Waals surface area (Å²) in [6, 6.07) is 18.1. The van der Waals surface area contributed by atoms with E-state index in [4.69, 9.17) is 4.74 Å². The quantitative estimate of drug-likeness (QED) is 0.519. The Morgan fingerprint density at radius 3 is 2.33 bits per heavy atom. The molecule has 4 aromatic rings. The fraction of sp³-hybridized carbons (Fsp3) is 0.250. The first-order chi connectivity index (χ1) is 14.5. The molecule has 1 atom stereocenters. The van der Waals surface area contributed by atoms with Gasteiger partial charge in [0.1, 0.15) is 6.10 Å². The first-order valence-corrected chi connectivity index (χ1v) is 10.0. The van der Waals surface area contributed by atoms with Gasteiger partial charge >= 0.3 is 5.69 Å². The summed E-state index contributed by atoms with van der Waals surface area (Å²) in [7, 11) is 3.26. The molecule has 30 heavy (non-hydrogen) atoms. The van der Waals surface area contributed by atoms with Crippen molar-refractivity contribution >= 4 is 10.9 Å². The predicted molar refractivity (Wildman–Crippen MR) is 117 cm³/mol. The lowest BCUT2D eigenvalue weighted by molar-refractivity contribution is 0.0478. The minimum absolute atomic E-state index is 0.280. The van der Waals surface area contributed by atoms with Crippen LogP contribution in [-0.2, 0) is 25.4 Å². The zero-order valence-corrected chi connectivity index (χ0v) is 17.3. The molecule has 0 aliphatic carbocycles. The van der Waals surface area contributed by atoms with Crippen LogP contribution in [-0.4, -0.2) is 20.3 Å². The Labute approximate surface area is 173 Å². The second-order valence-electron chi connectivity index (χ2n) is 7.84. The zero-order chi connectivity index (χ0) is 21.0. The molecule has 0 saturated carbocycles. The number of benzene rings is 2. The number of aromatic nitrogens is 3. The molecular weight excluding hydrogens is 378 g/mol. The Balaban J connectivity index is 1.96. The van der Waals surface area contributed by atoms with E-state index < -0.39 is 0 Å². The molecule has 1 aliphatic rings. The second kappa shape index (κ2) is 6.85. The van der Waals surface area contributed by atoms with Crippen molar-refractivity contribution in [2.24, 2.45) is 14.1 Å². The van der Waals surface area contributed by atoms with Gasteiger partial charge in [0.05, 0.1) is 28.9 Å². The lowest BCUT2D eigenvalue weighted by Crippen LogP contribution is -2.37. The largest absolute Gasteiger partial charge is 0.365 e. The summed E-state index contributed by atoms with van der Waals surface area (Å²) in [5.41, 5.74) is 4.84. The van der Waals surface area contributed by atoms with Gasteiger partial charge in [0.15, 0.2) is 0 Å². The van der Waals surface area contributed by atoms with Gasteiger partial charge in [-0.1, -0.05) is 60.2 Å². The van der Waals surface area contributed by atoms with Crippen LogP contribution >= 0.6 is 0 Å². The highest BCUT2D eigenvalue weighted by Crippen LogP contribution is 2.40. The second-order valence-corrected chi connectivity index (χ2v) is 7.84. The number of hydrogen-bond donors (Lipinski definition) is 0. The molecular formula is C24H23N3O3. The number of ether oxygens (including phenoxy) is 1. The van der Waals surface area contributed by atoms with E-state index in [2.05, 4.69) is 4.57 Å². The van der Waals surface area contributed by atoms with Crippen molar-refractivity contribution in [1.29, 1.82) is 0 Å². The number of nitrogens with zero attached hydrogens (tertiary/aromatic N) is 3. The smallest absolute Gasteiger partial charge is 0.331 e. The van der Waals surface area contributed by atoms with E-state index in [1.807, 2.05) is 61.5 Å². The molecule has 0 spiro atoms. The molecule has 0 N–H and O–H groups in total. The van der Waals surface area contributed by atoms with Crippen molar-refractivity contribution < 1.29 is 4.74 Å². The number of aryl methyl sites for hydroxylation is 2. The van der Waals surface area contributed by atoms with E-state index in [-0.39, 0.29) is 17.4 Å². The highest BCUT2D eigenvalue weighted by molar-refractivity contribution is 5.96. The van der Waals surface area contributed by atoms with E-state index in [1.54, 1.807) is 11.6 Å². The Kier molecular flexibility index (Phi) is 4.25. The summed E-state index contributed by atoms with van der Waals surface area (Å²) >= 11 is 0. The van der Waals surface area contributed by atoms with Gasteiger partial charge in [-0.15, -0.1) is 0 Å². The zero-order valence-electron chi connectivity index (χ0n) is 17.3. The molecule has 0 saturated heterocycles. The maximum absolute atomic E-state index is 13.3. The van der Waals surface area contributed by atoms with E-state index in [0.717, 1.165) is 28.1 Å². The molecule has 0 radical (unpaired) electrons. The average Bonchev–Trinajstić information content (AvgIpc) is 3.13. The predicted octanol–water partition coefficient (Wildman–Crippen LogP) is 3.13. The minimum atomic E-state index is -0.348. The molecule has 152 valence electrons. The lowest BCUT2D eigenvalue weighted by atomic mass is 10.0. The summed E-state index contributed by atoms with van der Waals surface area (Å²) in [6.45, 7) is 3.19. The molecule has 2 aromatic carbocycles. The van der Waals surface area contributed by atoms with E-state index in [9.17, 15) is 9.59 Å². The van der Waals surface area contributed by atoms with Crippen LogP contribution in [0.1, 0.15) is 22.9 Å². The van der Waals surface area contributed by atoms with Crippen LogP contribution in [0.25, 0.3) is 22.2 Å². The first kappa shape index (κ1) is 18.6. The summed E-state index contributed by atoms with van der Waals surface area (Å²) in [6.07, 6.45) is -0.348. The van der Waals surface area contributed by atoms with Gasteiger partial charge in [0.2, 0.25) is 0 Å². The summed E-state index contributed by atoms with van der Waals surface area (Å²) in [4.78, 5) is 26.1. The molecule has 6 nitrogen and oxygen atoms in total. The highest BCUT2D eigenvalue weighted by atomic mass is 16.5. The number of rotatable bonds is 2. The molecule has 6 heteroatoms. The SMILES string of the molecule is Cc1ccc(-c2c3c(=O)n(C)c(=O)n(C)c3c3n2CCO[C@H]3c2ccccc2)cc1. The maximum atomic E-state index is 13.3. The van der Waals surface area contributed by atoms with Crippen molar-refractivity contribution in [3.8, 4) is 11.3 Å². The van der Waals surface area contributed by atoms with Crippen molar-refractivity contribution in [3.63, 3.8) is 0 Å². The molecule has 3 heterocycles. The van der Waals surface area contributed by atoms with Gasteiger partial charge in [0.25, 0.3) is 5.56 Å². The molecule has 0 bridgehead atoms. The van der Waals surface area contributed by atoms with Gasteiger partial charge < -0.3 is 9.30 Å². The third-order valence-electron chi connectivity index (χ3n) is 5.98. The minimum Gasteiger partial charge on any atom is -0.365 e. The van der Waals surface area contributed by atoms with Gasteiger partial charge in [-0.05, 0) is 18.1 Å². The van der Waals surface area contributed by atoms with Gasteiger partial charge in [-0.25, -0.2) is 4.79 Å². The number of hydrogen-bond acceptors (Lipinski definition) is 3. The van der Waals surface area contributed by atoms with Gasteiger partial charge in [0, 0.05) is 20.6 Å². The number of fused-ring (bicyclic) bond motifs is 3. The van der Waals surface area contributed by atoms with Gasteiger partial charge in [-0.2, -0.15) is 0 Å². The van der Waals surface area contributed by atoms with Crippen LogP contribution in [0.3, 0.4) is 0 Å². The van der Waals surface area contributed by atoms with Crippen LogP contribution in [0.2, 0.25) is 0 Å². The molecule has 2 aromatic heterocycles. The Morgan fingerprint density at radius 1 is 0.933 bits per heavy atom. The highest BCUT2D eigenvalue weighted by Gasteiger charge is 2.32. The standard InChI is InChI=1S/C24H23N3O3/c1-15-9-11-16(12-10-15)19-18-20(25(2)24(29)26(3)23(18)28)21-22(30-14-13-27(19)21)17-7-5-4-6-8-17/h4-12,22H,13-14H2,1-3H3/t22-/m0/s1. The first-order valence-electron chi connectivity index (χ1n) is 10.0. The van der Waals surface area contributed by atoms with Crippen LogP contribution in [0, 0.1) is 6.92 Å². The molecule has 1 aliphatic heterocycles. The summed E-state index contributed by atoms with van der Waals surface area (Å²) < 4.78 is 11.1. The fourth-order valence-electron chi connectivity index (χ4n) is 4.47. The molecule has 0 fully saturated rings. The van der Waals surface area contributed by atoms with Crippen LogP contribution < -0.4 is 11.2 Å². The maximum Gasteiger partial charge on any atom is 0.331 e. The van der Waals surface area contributed by atoms with Gasteiger partial charge in [-0.3, -0.25) is 13.9 Å². The average molecular weight is 401 g/mol. The molecule has 0 unspecified atom stereocenters. The molecule has 0 amide bonds. The van der Waals surface area contributed by atoms with Crippen LogP contribution in [0.4, 0.5) is 0 Å². The van der Waals surface area contributed by atoms with Crippen LogP contribution in [0.5, 0.6) is 0 Å². The summed E-state index contributed by atoms with van der Waals surface area (Å²) in [5, 5.41) is 0.560. The monoisotopic (exact) mass is 401 g/mol. The Bertz CT molecular complexity index is 1380. The van der Waals surface area contributed by atoms with Crippen molar-refractivity contribution in [1.82, 2.24) is 13.7 Å². The fourth-order valence-corrected chi connectivity index (χ4v) is 4.47. The van der Waals surface area contributed by atoms with Crippen molar-refractivity contribution in [2.75, 3.05) is 6.61 Å². The Morgan fingerprint density at radius 2 is 1.63 bits per heavy atom. The van der Waals surface area contributed by atoms with Crippen molar-refractivity contribution in [3.05, 3.63) is 92.3 Å². The van der Waals surface area contributed by atoms with Crippen molar-refractivity contribution in [2.45, 2.75) is 19.6 Å².